The minimum atomic E-state index is 0.716. The lowest BCUT2D eigenvalue weighted by molar-refractivity contribution is 0.415. The highest BCUT2D eigenvalue weighted by atomic mass is 35.5. The Labute approximate surface area is 164 Å². The zero-order valence-corrected chi connectivity index (χ0v) is 15.6. The molecule has 0 N–H and O–H groups in total. The van der Waals surface area contributed by atoms with Crippen molar-refractivity contribution in [3.8, 4) is 39.4 Å². The molecular weight excluding hydrogens is 354 g/mol. The maximum Gasteiger partial charge on any atom is 0.118 e. The van der Waals surface area contributed by atoms with Crippen LogP contribution in [0.4, 0.5) is 0 Å². The molecule has 0 saturated carbocycles. The predicted molar refractivity (Wildman–Crippen MR) is 112 cm³/mol. The highest BCUT2D eigenvalue weighted by molar-refractivity contribution is 6.30. The van der Waals surface area contributed by atoms with Gasteiger partial charge in [0.2, 0.25) is 0 Å². The van der Waals surface area contributed by atoms with Gasteiger partial charge in [0.05, 0.1) is 18.5 Å². The molecule has 0 amide bonds. The van der Waals surface area contributed by atoms with Gasteiger partial charge in [0, 0.05) is 16.1 Å². The lowest BCUT2D eigenvalue weighted by atomic mass is 10.00. The van der Waals surface area contributed by atoms with E-state index in [-0.39, 0.29) is 0 Å². The maximum atomic E-state index is 6.05. The van der Waals surface area contributed by atoms with Crippen molar-refractivity contribution >= 4 is 11.6 Å². The molecule has 27 heavy (non-hydrogen) atoms. The third-order valence-electron chi connectivity index (χ3n) is 4.46. The molecule has 0 radical (unpaired) electrons. The molecule has 0 aliphatic carbocycles. The number of methoxy groups -OCH3 is 1. The number of pyridine rings is 1. The largest absolute Gasteiger partial charge is 0.497 e. The molecule has 4 aromatic rings. The Hall–Kier alpha value is -3.10. The molecule has 1 aromatic heterocycles. The van der Waals surface area contributed by atoms with E-state index >= 15 is 0 Å². The summed E-state index contributed by atoms with van der Waals surface area (Å²) in [5.41, 5.74) is 6.20. The lowest BCUT2D eigenvalue weighted by Crippen LogP contribution is -1.91. The summed E-state index contributed by atoms with van der Waals surface area (Å²) in [6.07, 6.45) is 0. The van der Waals surface area contributed by atoms with Gasteiger partial charge < -0.3 is 4.74 Å². The summed E-state index contributed by atoms with van der Waals surface area (Å²) in [6, 6.07) is 30.3. The van der Waals surface area contributed by atoms with Gasteiger partial charge in [0.1, 0.15) is 5.75 Å². The monoisotopic (exact) mass is 371 g/mol. The summed E-state index contributed by atoms with van der Waals surface area (Å²) in [5, 5.41) is 0.716. The molecule has 4 rings (SSSR count). The Bertz CT molecular complexity index is 1040. The molecule has 0 atom stereocenters. The highest BCUT2D eigenvalue weighted by Crippen LogP contribution is 2.31. The van der Waals surface area contributed by atoms with Crippen LogP contribution in [0.5, 0.6) is 5.75 Å². The van der Waals surface area contributed by atoms with Crippen LogP contribution in [-0.2, 0) is 0 Å². The van der Waals surface area contributed by atoms with Crippen molar-refractivity contribution < 1.29 is 4.74 Å². The fourth-order valence-corrected chi connectivity index (χ4v) is 3.13. The number of hydrogen-bond acceptors (Lipinski definition) is 2. The van der Waals surface area contributed by atoms with Crippen LogP contribution in [-0.4, -0.2) is 12.1 Å². The van der Waals surface area contributed by atoms with Gasteiger partial charge in [0.15, 0.2) is 0 Å². The van der Waals surface area contributed by atoms with Crippen LogP contribution in [0.2, 0.25) is 5.02 Å². The standard InChI is InChI=1S/C24H18ClNO/c1-27-22-13-9-19(10-14-22)24-16-20(17-5-3-2-4-6-17)15-23(26-24)18-7-11-21(25)12-8-18/h2-16H,1H3. The second-order valence-electron chi connectivity index (χ2n) is 6.23. The predicted octanol–water partition coefficient (Wildman–Crippen LogP) is 6.74. The average Bonchev–Trinajstić information content (AvgIpc) is 2.74. The molecule has 0 bridgehead atoms. The van der Waals surface area contributed by atoms with E-state index in [9.17, 15) is 0 Å². The molecule has 2 nitrogen and oxygen atoms in total. The minimum Gasteiger partial charge on any atom is -0.497 e. The number of aromatic nitrogens is 1. The normalized spacial score (nSPS) is 10.6. The molecule has 3 heteroatoms. The van der Waals surface area contributed by atoms with E-state index in [1.165, 1.54) is 0 Å². The van der Waals surface area contributed by atoms with E-state index < -0.39 is 0 Å². The van der Waals surface area contributed by atoms with Crippen molar-refractivity contribution in [2.24, 2.45) is 0 Å². The van der Waals surface area contributed by atoms with E-state index in [4.69, 9.17) is 21.3 Å². The van der Waals surface area contributed by atoms with Gasteiger partial charge >= 0.3 is 0 Å². The fourth-order valence-electron chi connectivity index (χ4n) is 3.01. The van der Waals surface area contributed by atoms with Crippen LogP contribution in [0.25, 0.3) is 33.6 Å². The van der Waals surface area contributed by atoms with Gasteiger partial charge in [0.25, 0.3) is 0 Å². The Kier molecular flexibility index (Phi) is 4.91. The van der Waals surface area contributed by atoms with Gasteiger partial charge in [-0.3, -0.25) is 0 Å². The van der Waals surface area contributed by atoms with E-state index in [2.05, 4.69) is 24.3 Å². The molecule has 0 aliphatic heterocycles. The highest BCUT2D eigenvalue weighted by Gasteiger charge is 2.09. The van der Waals surface area contributed by atoms with Gasteiger partial charge in [-0.05, 0) is 59.7 Å². The number of hydrogen-bond donors (Lipinski definition) is 0. The third-order valence-corrected chi connectivity index (χ3v) is 4.71. The number of ether oxygens (including phenoxy) is 1. The number of nitrogens with zero attached hydrogens (tertiary/aromatic N) is 1. The average molecular weight is 372 g/mol. The number of rotatable bonds is 4. The molecule has 3 aromatic carbocycles. The van der Waals surface area contributed by atoms with Crippen molar-refractivity contribution in [2.75, 3.05) is 7.11 Å². The van der Waals surface area contributed by atoms with Crippen LogP contribution in [0.15, 0.2) is 91.0 Å². The van der Waals surface area contributed by atoms with Crippen molar-refractivity contribution in [1.82, 2.24) is 4.98 Å². The van der Waals surface area contributed by atoms with Gasteiger partial charge in [-0.1, -0.05) is 54.1 Å². The second kappa shape index (κ2) is 7.65. The molecule has 0 aliphatic rings. The summed E-state index contributed by atoms with van der Waals surface area (Å²) < 4.78 is 5.27. The van der Waals surface area contributed by atoms with E-state index in [1.807, 2.05) is 66.7 Å². The molecule has 0 unspecified atom stereocenters. The van der Waals surface area contributed by atoms with Gasteiger partial charge in [-0.2, -0.15) is 0 Å². The first-order chi connectivity index (χ1) is 13.2. The quantitative estimate of drug-likeness (QED) is 0.396. The van der Waals surface area contributed by atoms with E-state index in [0.717, 1.165) is 39.4 Å². The Morgan fingerprint density at radius 3 is 1.74 bits per heavy atom. The molecule has 0 saturated heterocycles. The van der Waals surface area contributed by atoms with Crippen LogP contribution < -0.4 is 4.74 Å². The van der Waals surface area contributed by atoms with Crippen LogP contribution >= 0.6 is 11.6 Å². The number of benzene rings is 3. The minimum absolute atomic E-state index is 0.716. The summed E-state index contributed by atoms with van der Waals surface area (Å²) in [6.45, 7) is 0. The van der Waals surface area contributed by atoms with Gasteiger partial charge in [-0.25, -0.2) is 4.98 Å². The van der Waals surface area contributed by atoms with E-state index in [1.54, 1.807) is 7.11 Å². The molecule has 132 valence electrons. The summed E-state index contributed by atoms with van der Waals surface area (Å²) in [5.74, 6) is 0.830. The number of halogens is 1. The molecule has 0 spiro atoms. The zero-order chi connectivity index (χ0) is 18.6. The first-order valence-electron chi connectivity index (χ1n) is 8.71. The Balaban J connectivity index is 1.87. The second-order valence-corrected chi connectivity index (χ2v) is 6.66. The SMILES string of the molecule is COc1ccc(-c2cc(-c3ccccc3)cc(-c3ccc(Cl)cc3)n2)cc1. The lowest BCUT2D eigenvalue weighted by Gasteiger charge is -2.11. The smallest absolute Gasteiger partial charge is 0.118 e. The van der Waals surface area contributed by atoms with Crippen LogP contribution in [0.1, 0.15) is 0 Å². The summed E-state index contributed by atoms with van der Waals surface area (Å²) >= 11 is 6.05. The van der Waals surface area contributed by atoms with Crippen molar-refractivity contribution in [1.29, 1.82) is 0 Å². The van der Waals surface area contributed by atoms with Crippen molar-refractivity contribution in [3.05, 3.63) is 96.0 Å². The van der Waals surface area contributed by atoms with Crippen LogP contribution in [0, 0.1) is 0 Å². The molecular formula is C24H18ClNO. The summed E-state index contributed by atoms with van der Waals surface area (Å²) in [7, 11) is 1.67. The first-order valence-corrected chi connectivity index (χ1v) is 9.08. The molecule has 1 heterocycles. The fraction of sp³-hybridized carbons (Fsp3) is 0.0417. The topological polar surface area (TPSA) is 22.1 Å². The Morgan fingerprint density at radius 1 is 0.630 bits per heavy atom. The summed E-state index contributed by atoms with van der Waals surface area (Å²) in [4.78, 5) is 4.90. The maximum absolute atomic E-state index is 6.05. The van der Waals surface area contributed by atoms with Crippen molar-refractivity contribution in [2.45, 2.75) is 0 Å². The van der Waals surface area contributed by atoms with Gasteiger partial charge in [-0.15, -0.1) is 0 Å². The Morgan fingerprint density at radius 2 is 1.19 bits per heavy atom. The zero-order valence-electron chi connectivity index (χ0n) is 14.9. The van der Waals surface area contributed by atoms with Crippen molar-refractivity contribution in [3.63, 3.8) is 0 Å². The van der Waals surface area contributed by atoms with Crippen LogP contribution in [0.3, 0.4) is 0 Å². The third kappa shape index (κ3) is 3.86. The molecule has 0 fully saturated rings. The van der Waals surface area contributed by atoms with E-state index in [0.29, 0.717) is 5.02 Å². The first kappa shape index (κ1) is 17.3.